The lowest BCUT2D eigenvalue weighted by atomic mass is 10.3. The second kappa shape index (κ2) is 9.06. The number of nitrogens with zero attached hydrogens (tertiary/aromatic N) is 4. The van der Waals surface area contributed by atoms with Crippen molar-refractivity contribution in [3.63, 3.8) is 0 Å². The summed E-state index contributed by atoms with van der Waals surface area (Å²) in [5.74, 6) is 0.206. The van der Waals surface area contributed by atoms with Crippen molar-refractivity contribution < 1.29 is 9.47 Å². The number of fused-ring (bicyclic) bond motifs is 1. The Hall–Kier alpha value is -1.91. The van der Waals surface area contributed by atoms with Gasteiger partial charge in [-0.3, -0.25) is 4.79 Å². The second-order valence-corrected chi connectivity index (χ2v) is 7.11. The molecule has 0 aliphatic heterocycles. The van der Waals surface area contributed by atoms with Gasteiger partial charge in [0.2, 0.25) is 5.95 Å². The first kappa shape index (κ1) is 20.8. The van der Waals surface area contributed by atoms with Crippen molar-refractivity contribution in [3.05, 3.63) is 44.8 Å². The van der Waals surface area contributed by atoms with Crippen LogP contribution in [0.4, 0.5) is 5.95 Å². The van der Waals surface area contributed by atoms with Gasteiger partial charge < -0.3 is 14.8 Å². The predicted molar refractivity (Wildman–Crippen MR) is 111 cm³/mol. The van der Waals surface area contributed by atoms with E-state index in [0.29, 0.717) is 20.9 Å². The number of hydrogen-bond acceptors (Lipinski definition) is 8. The Labute approximate surface area is 175 Å². The van der Waals surface area contributed by atoms with Crippen molar-refractivity contribution in [2.75, 3.05) is 32.3 Å². The molecule has 8 nitrogen and oxygen atoms in total. The number of para-hydroxylation sites is 1. The largest absolute Gasteiger partial charge is 0.354 e. The minimum Gasteiger partial charge on any atom is -0.354 e. The number of thioether (sulfide) groups is 1. The Kier molecular flexibility index (Phi) is 6.73. The fourth-order valence-corrected chi connectivity index (χ4v) is 3.43. The van der Waals surface area contributed by atoms with Crippen LogP contribution in [0.5, 0.6) is 0 Å². The summed E-state index contributed by atoms with van der Waals surface area (Å²) in [6.45, 7) is 0.230. The molecular formula is C17H17Cl2N5O3S. The first-order chi connectivity index (χ1) is 13.5. The van der Waals surface area contributed by atoms with Crippen LogP contribution in [0.15, 0.2) is 34.3 Å². The van der Waals surface area contributed by atoms with Crippen molar-refractivity contribution >= 4 is 51.9 Å². The molecule has 0 aliphatic rings. The standard InChI is InChI=1S/C17H17Cl2N5O3S/c1-26-12(27-2)8-20-16-22-14-9(7-21-17(23-14)28-3)15(25)24(16)13-10(18)5-4-6-11(13)19/h4-7,12H,8H2,1-3H3,(H,20,21,22,23). The van der Waals surface area contributed by atoms with E-state index in [1.165, 1.54) is 36.7 Å². The van der Waals surface area contributed by atoms with Crippen LogP contribution >= 0.6 is 35.0 Å². The molecule has 148 valence electrons. The first-order valence-electron chi connectivity index (χ1n) is 8.07. The van der Waals surface area contributed by atoms with Crippen LogP contribution in [0.25, 0.3) is 16.7 Å². The van der Waals surface area contributed by atoms with Gasteiger partial charge >= 0.3 is 0 Å². The maximum Gasteiger partial charge on any atom is 0.270 e. The molecule has 11 heteroatoms. The number of rotatable bonds is 7. The van der Waals surface area contributed by atoms with Crippen molar-refractivity contribution in [3.8, 4) is 5.69 Å². The number of ether oxygens (including phenoxy) is 2. The third-order valence-corrected chi connectivity index (χ3v) is 5.07. The molecular weight excluding hydrogens is 425 g/mol. The van der Waals surface area contributed by atoms with Gasteiger partial charge in [0, 0.05) is 20.4 Å². The summed E-state index contributed by atoms with van der Waals surface area (Å²) in [5, 5.41) is 4.41. The van der Waals surface area contributed by atoms with Gasteiger partial charge in [-0.25, -0.2) is 14.5 Å². The van der Waals surface area contributed by atoms with E-state index in [2.05, 4.69) is 20.3 Å². The second-order valence-electron chi connectivity index (χ2n) is 5.52. The topological polar surface area (TPSA) is 91.2 Å². The van der Waals surface area contributed by atoms with Gasteiger partial charge in [0.15, 0.2) is 17.1 Å². The van der Waals surface area contributed by atoms with Gasteiger partial charge in [-0.2, -0.15) is 4.98 Å². The zero-order chi connectivity index (χ0) is 20.3. The van der Waals surface area contributed by atoms with Crippen molar-refractivity contribution in [1.29, 1.82) is 0 Å². The van der Waals surface area contributed by atoms with E-state index in [1.54, 1.807) is 18.2 Å². The highest BCUT2D eigenvalue weighted by molar-refractivity contribution is 7.98. The van der Waals surface area contributed by atoms with E-state index < -0.39 is 11.8 Å². The first-order valence-corrected chi connectivity index (χ1v) is 10.1. The lowest BCUT2D eigenvalue weighted by molar-refractivity contribution is -0.0915. The smallest absolute Gasteiger partial charge is 0.270 e. The molecule has 3 aromatic rings. The molecule has 0 fully saturated rings. The molecule has 0 aliphatic carbocycles. The number of halogens is 2. The third-order valence-electron chi connectivity index (χ3n) is 3.90. The number of hydrogen-bond donors (Lipinski definition) is 1. The molecule has 1 aromatic carbocycles. The molecule has 0 saturated heterocycles. The van der Waals surface area contributed by atoms with E-state index in [4.69, 9.17) is 32.7 Å². The van der Waals surface area contributed by atoms with E-state index >= 15 is 0 Å². The maximum absolute atomic E-state index is 13.3. The van der Waals surface area contributed by atoms with Gasteiger partial charge in [0.1, 0.15) is 5.39 Å². The fraction of sp³-hybridized carbons (Fsp3) is 0.294. The predicted octanol–water partition coefficient (Wildman–Crippen LogP) is 3.24. The Morgan fingerprint density at radius 3 is 2.50 bits per heavy atom. The maximum atomic E-state index is 13.3. The molecule has 0 radical (unpaired) electrons. The lowest BCUT2D eigenvalue weighted by Crippen LogP contribution is -2.29. The lowest BCUT2D eigenvalue weighted by Gasteiger charge is -2.19. The molecule has 3 rings (SSSR count). The zero-order valence-electron chi connectivity index (χ0n) is 15.3. The average molecular weight is 442 g/mol. The molecule has 2 aromatic heterocycles. The highest BCUT2D eigenvalue weighted by Gasteiger charge is 2.19. The Morgan fingerprint density at radius 2 is 1.89 bits per heavy atom. The van der Waals surface area contributed by atoms with Crippen molar-refractivity contribution in [2.24, 2.45) is 0 Å². The molecule has 0 atom stereocenters. The number of nitrogens with one attached hydrogen (secondary N) is 1. The van der Waals surface area contributed by atoms with Crippen LogP contribution < -0.4 is 10.9 Å². The minimum atomic E-state index is -0.546. The van der Waals surface area contributed by atoms with Crippen LogP contribution in [0.1, 0.15) is 0 Å². The SMILES string of the molecule is COC(CNc1nc2nc(SC)ncc2c(=O)n1-c1c(Cl)cccc1Cl)OC. The average Bonchev–Trinajstić information content (AvgIpc) is 2.70. The highest BCUT2D eigenvalue weighted by atomic mass is 35.5. The third kappa shape index (κ3) is 4.08. The summed E-state index contributed by atoms with van der Waals surface area (Å²) in [7, 11) is 3.03. The molecule has 0 unspecified atom stereocenters. The van der Waals surface area contributed by atoms with Crippen LogP contribution in [-0.4, -0.2) is 52.8 Å². The van der Waals surface area contributed by atoms with Crippen LogP contribution in [0.3, 0.4) is 0 Å². The van der Waals surface area contributed by atoms with Gasteiger partial charge in [-0.05, 0) is 18.4 Å². The number of aromatic nitrogens is 4. The molecule has 2 heterocycles. The summed E-state index contributed by atoms with van der Waals surface area (Å²) >= 11 is 14.0. The van der Waals surface area contributed by atoms with Gasteiger partial charge in [0.05, 0.1) is 22.3 Å². The molecule has 0 amide bonds. The van der Waals surface area contributed by atoms with E-state index in [0.717, 1.165) is 0 Å². The monoisotopic (exact) mass is 441 g/mol. The summed E-state index contributed by atoms with van der Waals surface area (Å²) in [5.41, 5.74) is 0.173. The number of anilines is 1. The molecule has 0 bridgehead atoms. The quantitative estimate of drug-likeness (QED) is 0.339. The van der Waals surface area contributed by atoms with Crippen molar-refractivity contribution in [1.82, 2.24) is 19.5 Å². The summed E-state index contributed by atoms with van der Waals surface area (Å²) < 4.78 is 11.7. The molecule has 0 saturated carbocycles. The molecule has 1 N–H and O–H groups in total. The summed E-state index contributed by atoms with van der Waals surface area (Å²) in [6.07, 6.45) is 2.74. The van der Waals surface area contributed by atoms with Crippen LogP contribution in [0, 0.1) is 0 Å². The summed E-state index contributed by atoms with van der Waals surface area (Å²) in [6, 6.07) is 4.98. The Bertz CT molecular complexity index is 1040. The van der Waals surface area contributed by atoms with E-state index in [9.17, 15) is 4.79 Å². The molecule has 0 spiro atoms. The van der Waals surface area contributed by atoms with E-state index in [-0.39, 0.29) is 23.5 Å². The highest BCUT2D eigenvalue weighted by Crippen LogP contribution is 2.29. The summed E-state index contributed by atoms with van der Waals surface area (Å²) in [4.78, 5) is 26.2. The van der Waals surface area contributed by atoms with Gasteiger partial charge in [0.25, 0.3) is 5.56 Å². The van der Waals surface area contributed by atoms with E-state index in [1.807, 2.05) is 6.26 Å². The Morgan fingerprint density at radius 1 is 1.21 bits per heavy atom. The molecule has 28 heavy (non-hydrogen) atoms. The van der Waals surface area contributed by atoms with Gasteiger partial charge in [-0.15, -0.1) is 0 Å². The van der Waals surface area contributed by atoms with Crippen LogP contribution in [-0.2, 0) is 9.47 Å². The van der Waals surface area contributed by atoms with Crippen LogP contribution in [0.2, 0.25) is 10.0 Å². The fourth-order valence-electron chi connectivity index (χ4n) is 2.52. The zero-order valence-corrected chi connectivity index (χ0v) is 17.6. The van der Waals surface area contributed by atoms with Gasteiger partial charge in [-0.1, -0.05) is 41.0 Å². The van der Waals surface area contributed by atoms with Crippen molar-refractivity contribution in [2.45, 2.75) is 11.4 Å². The number of methoxy groups -OCH3 is 2. The number of benzene rings is 1. The Balaban J connectivity index is 2.25. The normalized spacial score (nSPS) is 11.4. The minimum absolute atomic E-state index is 0.206.